The number of hydrogen-bond donors (Lipinski definition) is 1. The van der Waals surface area contributed by atoms with Gasteiger partial charge < -0.3 is 5.73 Å². The highest BCUT2D eigenvalue weighted by Crippen LogP contribution is 2.16. The van der Waals surface area contributed by atoms with E-state index in [1.54, 1.807) is 0 Å². The molecule has 1 aromatic rings. The molecule has 0 aliphatic rings. The van der Waals surface area contributed by atoms with Crippen LogP contribution in [0.25, 0.3) is 0 Å². The maximum absolute atomic E-state index is 6.12. The van der Waals surface area contributed by atoms with Crippen molar-refractivity contribution in [3.63, 3.8) is 0 Å². The van der Waals surface area contributed by atoms with Gasteiger partial charge in [0.25, 0.3) is 0 Å². The topological polar surface area (TPSA) is 43.8 Å². The molecule has 3 heteroatoms. The molecule has 0 spiro atoms. The summed E-state index contributed by atoms with van der Waals surface area (Å²) < 4.78 is 1.82. The van der Waals surface area contributed by atoms with E-state index >= 15 is 0 Å². The second-order valence-corrected chi connectivity index (χ2v) is 4.49. The molecular formula is C11H21N3. The van der Waals surface area contributed by atoms with Crippen molar-refractivity contribution >= 4 is 0 Å². The first kappa shape index (κ1) is 11.2. The van der Waals surface area contributed by atoms with E-state index < -0.39 is 0 Å². The number of nitrogens with zero attached hydrogens (tertiary/aromatic N) is 2. The molecule has 0 fully saturated rings. The van der Waals surface area contributed by atoms with Crippen LogP contribution >= 0.6 is 0 Å². The lowest BCUT2D eigenvalue weighted by molar-refractivity contribution is 0.344. The summed E-state index contributed by atoms with van der Waals surface area (Å²) in [4.78, 5) is 0. The van der Waals surface area contributed by atoms with E-state index in [4.69, 9.17) is 5.73 Å². The van der Waals surface area contributed by atoms with Crippen molar-refractivity contribution in [2.75, 3.05) is 0 Å². The van der Waals surface area contributed by atoms with E-state index in [0.717, 1.165) is 6.42 Å². The van der Waals surface area contributed by atoms with E-state index in [1.807, 2.05) is 24.1 Å². The van der Waals surface area contributed by atoms with Gasteiger partial charge in [0.1, 0.15) is 0 Å². The highest BCUT2D eigenvalue weighted by molar-refractivity contribution is 5.06. The molecule has 2 N–H and O–H groups in total. The Morgan fingerprint density at radius 2 is 2.07 bits per heavy atom. The van der Waals surface area contributed by atoms with Crippen LogP contribution in [0.3, 0.4) is 0 Å². The van der Waals surface area contributed by atoms with Gasteiger partial charge in [0, 0.05) is 19.3 Å². The Bertz CT molecular complexity index is 278. The molecule has 0 radical (unpaired) electrons. The van der Waals surface area contributed by atoms with Crippen molar-refractivity contribution in [2.24, 2.45) is 24.6 Å². The van der Waals surface area contributed by atoms with Gasteiger partial charge in [0.05, 0.1) is 6.20 Å². The Labute approximate surface area is 86.3 Å². The quantitative estimate of drug-likeness (QED) is 0.792. The summed E-state index contributed by atoms with van der Waals surface area (Å²) in [5, 5.41) is 4.13. The van der Waals surface area contributed by atoms with E-state index in [1.165, 1.54) is 5.56 Å². The fraction of sp³-hybridized carbons (Fsp3) is 0.727. The third kappa shape index (κ3) is 2.84. The average molecular weight is 195 g/mol. The largest absolute Gasteiger partial charge is 0.327 e. The van der Waals surface area contributed by atoms with Gasteiger partial charge in [-0.25, -0.2) is 0 Å². The average Bonchev–Trinajstić information content (AvgIpc) is 2.49. The summed E-state index contributed by atoms with van der Waals surface area (Å²) in [5.74, 6) is 1.19. The standard InChI is InChI=1S/C11H21N3/c1-8(2)9(3)11(12)5-10-6-13-14(4)7-10/h6-9,11H,5,12H2,1-4H3. The summed E-state index contributed by atoms with van der Waals surface area (Å²) in [6.45, 7) is 6.65. The van der Waals surface area contributed by atoms with Crippen molar-refractivity contribution < 1.29 is 0 Å². The number of aromatic nitrogens is 2. The number of nitrogens with two attached hydrogens (primary N) is 1. The van der Waals surface area contributed by atoms with Crippen LogP contribution in [0.5, 0.6) is 0 Å². The van der Waals surface area contributed by atoms with Gasteiger partial charge in [-0.1, -0.05) is 20.8 Å². The summed E-state index contributed by atoms with van der Waals surface area (Å²) in [6, 6.07) is 0.235. The lowest BCUT2D eigenvalue weighted by Crippen LogP contribution is -2.33. The third-order valence-corrected chi connectivity index (χ3v) is 2.96. The summed E-state index contributed by atoms with van der Waals surface area (Å²) in [6.07, 6.45) is 4.85. The molecule has 0 saturated carbocycles. The van der Waals surface area contributed by atoms with Crippen molar-refractivity contribution in [3.8, 4) is 0 Å². The van der Waals surface area contributed by atoms with Gasteiger partial charge in [-0.15, -0.1) is 0 Å². The second kappa shape index (κ2) is 4.60. The Morgan fingerprint density at radius 1 is 1.43 bits per heavy atom. The number of aryl methyl sites for hydroxylation is 1. The molecular weight excluding hydrogens is 174 g/mol. The smallest absolute Gasteiger partial charge is 0.0522 e. The Morgan fingerprint density at radius 3 is 2.50 bits per heavy atom. The van der Waals surface area contributed by atoms with E-state index in [9.17, 15) is 0 Å². The summed E-state index contributed by atoms with van der Waals surface area (Å²) in [5.41, 5.74) is 7.35. The molecule has 0 bridgehead atoms. The minimum atomic E-state index is 0.235. The van der Waals surface area contributed by atoms with Gasteiger partial charge in [-0.2, -0.15) is 5.10 Å². The monoisotopic (exact) mass is 195 g/mol. The minimum Gasteiger partial charge on any atom is -0.327 e. The van der Waals surface area contributed by atoms with Crippen LogP contribution in [0, 0.1) is 11.8 Å². The van der Waals surface area contributed by atoms with Crippen LogP contribution in [-0.4, -0.2) is 15.8 Å². The van der Waals surface area contributed by atoms with Crippen molar-refractivity contribution in [1.29, 1.82) is 0 Å². The van der Waals surface area contributed by atoms with Gasteiger partial charge in [-0.3, -0.25) is 4.68 Å². The predicted molar refractivity (Wildman–Crippen MR) is 58.9 cm³/mol. The highest BCUT2D eigenvalue weighted by atomic mass is 15.2. The SMILES string of the molecule is CC(C)C(C)C(N)Cc1cnn(C)c1. The second-order valence-electron chi connectivity index (χ2n) is 4.49. The minimum absolute atomic E-state index is 0.235. The zero-order valence-electron chi connectivity index (χ0n) is 9.57. The van der Waals surface area contributed by atoms with Gasteiger partial charge in [-0.05, 0) is 23.8 Å². The molecule has 80 valence electrons. The molecule has 14 heavy (non-hydrogen) atoms. The van der Waals surface area contributed by atoms with E-state index in [0.29, 0.717) is 11.8 Å². The molecule has 1 aromatic heterocycles. The van der Waals surface area contributed by atoms with E-state index in [2.05, 4.69) is 25.9 Å². The molecule has 3 nitrogen and oxygen atoms in total. The van der Waals surface area contributed by atoms with Gasteiger partial charge in [0.2, 0.25) is 0 Å². The maximum atomic E-state index is 6.12. The molecule has 2 unspecified atom stereocenters. The molecule has 0 amide bonds. The Kier molecular flexibility index (Phi) is 3.69. The fourth-order valence-corrected chi connectivity index (χ4v) is 1.53. The van der Waals surface area contributed by atoms with Gasteiger partial charge >= 0.3 is 0 Å². The van der Waals surface area contributed by atoms with Crippen LogP contribution < -0.4 is 5.73 Å². The lowest BCUT2D eigenvalue weighted by Gasteiger charge is -2.22. The normalized spacial score (nSPS) is 15.9. The Balaban J connectivity index is 2.52. The first-order chi connectivity index (χ1) is 6.50. The third-order valence-electron chi connectivity index (χ3n) is 2.96. The molecule has 0 aliphatic heterocycles. The van der Waals surface area contributed by atoms with Crippen LogP contribution in [0.2, 0.25) is 0 Å². The first-order valence-corrected chi connectivity index (χ1v) is 5.23. The molecule has 1 heterocycles. The molecule has 0 aliphatic carbocycles. The van der Waals surface area contributed by atoms with Crippen molar-refractivity contribution in [1.82, 2.24) is 9.78 Å². The summed E-state index contributed by atoms with van der Waals surface area (Å²) in [7, 11) is 1.93. The first-order valence-electron chi connectivity index (χ1n) is 5.23. The molecule has 0 saturated heterocycles. The molecule has 1 rings (SSSR count). The van der Waals surface area contributed by atoms with E-state index in [-0.39, 0.29) is 6.04 Å². The predicted octanol–water partition coefficient (Wildman–Crippen LogP) is 1.58. The zero-order chi connectivity index (χ0) is 10.7. The summed E-state index contributed by atoms with van der Waals surface area (Å²) >= 11 is 0. The van der Waals surface area contributed by atoms with Crippen molar-refractivity contribution in [2.45, 2.75) is 33.2 Å². The van der Waals surface area contributed by atoms with Gasteiger partial charge in [0.15, 0.2) is 0 Å². The fourth-order valence-electron chi connectivity index (χ4n) is 1.53. The van der Waals surface area contributed by atoms with Crippen molar-refractivity contribution in [3.05, 3.63) is 18.0 Å². The lowest BCUT2D eigenvalue weighted by atomic mass is 9.88. The van der Waals surface area contributed by atoms with Crippen LogP contribution in [0.1, 0.15) is 26.3 Å². The van der Waals surface area contributed by atoms with Crippen LogP contribution in [0.15, 0.2) is 12.4 Å². The van der Waals surface area contributed by atoms with Crippen LogP contribution in [0.4, 0.5) is 0 Å². The highest BCUT2D eigenvalue weighted by Gasteiger charge is 2.16. The zero-order valence-corrected chi connectivity index (χ0v) is 9.57. The van der Waals surface area contributed by atoms with Crippen LogP contribution in [-0.2, 0) is 13.5 Å². The molecule has 2 atom stereocenters. The molecule has 0 aromatic carbocycles. The number of rotatable bonds is 4. The maximum Gasteiger partial charge on any atom is 0.0522 e. The number of hydrogen-bond acceptors (Lipinski definition) is 2. The Hall–Kier alpha value is -0.830.